The predicted octanol–water partition coefficient (Wildman–Crippen LogP) is 3.30. The van der Waals surface area contributed by atoms with Gasteiger partial charge in [0.05, 0.1) is 6.61 Å². The van der Waals surface area contributed by atoms with Crippen LogP contribution in [0.2, 0.25) is 0 Å². The molecule has 0 spiro atoms. The van der Waals surface area contributed by atoms with E-state index in [1.54, 1.807) is 6.20 Å². The number of aryl methyl sites for hydroxylation is 1. The van der Waals surface area contributed by atoms with Crippen LogP contribution in [0.3, 0.4) is 0 Å². The smallest absolute Gasteiger partial charge is 0.303 e. The zero-order chi connectivity index (χ0) is 14.4. The van der Waals surface area contributed by atoms with Crippen LogP contribution in [-0.4, -0.2) is 22.7 Å². The number of benzene rings is 1. The minimum absolute atomic E-state index is 0.132. The number of pyridine rings is 1. The third kappa shape index (κ3) is 3.82. The van der Waals surface area contributed by atoms with Crippen LogP contribution < -0.4 is 4.74 Å². The maximum absolute atomic E-state index is 10.4. The molecule has 4 heteroatoms. The van der Waals surface area contributed by atoms with Gasteiger partial charge in [0.2, 0.25) is 0 Å². The fraction of sp³-hybridized carbons (Fsp3) is 0.250. The van der Waals surface area contributed by atoms with Gasteiger partial charge in [-0.2, -0.15) is 0 Å². The molecule has 0 saturated heterocycles. The van der Waals surface area contributed by atoms with Gasteiger partial charge < -0.3 is 9.84 Å². The highest BCUT2D eigenvalue weighted by atomic mass is 16.5. The molecule has 0 unspecified atom stereocenters. The molecule has 0 atom stereocenters. The van der Waals surface area contributed by atoms with Crippen molar-refractivity contribution in [3.63, 3.8) is 0 Å². The zero-order valence-corrected chi connectivity index (χ0v) is 11.4. The minimum Gasteiger partial charge on any atom is -0.494 e. The number of carbonyl (C=O) groups is 1. The van der Waals surface area contributed by atoms with E-state index in [1.807, 2.05) is 43.3 Å². The van der Waals surface area contributed by atoms with E-state index in [9.17, 15) is 4.79 Å². The lowest BCUT2D eigenvalue weighted by Gasteiger charge is -2.08. The minimum atomic E-state index is -0.795. The highest BCUT2D eigenvalue weighted by Crippen LogP contribution is 2.24. The highest BCUT2D eigenvalue weighted by Gasteiger charge is 2.03. The maximum atomic E-state index is 10.4. The summed E-state index contributed by atoms with van der Waals surface area (Å²) in [5.41, 5.74) is 3.18. The van der Waals surface area contributed by atoms with Crippen molar-refractivity contribution in [1.29, 1.82) is 0 Å². The van der Waals surface area contributed by atoms with Gasteiger partial charge in [-0.1, -0.05) is 18.2 Å². The molecule has 1 aromatic heterocycles. The summed E-state index contributed by atoms with van der Waals surface area (Å²) in [5, 5.41) is 8.54. The SMILES string of the molecule is Cc1ncccc1-c1ccc(OCCCC(=O)O)cc1. The molecule has 20 heavy (non-hydrogen) atoms. The molecule has 0 aliphatic carbocycles. The summed E-state index contributed by atoms with van der Waals surface area (Å²) in [4.78, 5) is 14.7. The van der Waals surface area contributed by atoms with Crippen LogP contribution in [0, 0.1) is 6.92 Å². The van der Waals surface area contributed by atoms with Crippen LogP contribution in [0.25, 0.3) is 11.1 Å². The van der Waals surface area contributed by atoms with Gasteiger partial charge in [-0.3, -0.25) is 9.78 Å². The Morgan fingerprint density at radius 3 is 2.65 bits per heavy atom. The van der Waals surface area contributed by atoms with Gasteiger partial charge in [-0.05, 0) is 37.1 Å². The first-order chi connectivity index (χ1) is 9.66. The molecule has 0 aliphatic rings. The number of nitrogens with zero attached hydrogens (tertiary/aromatic N) is 1. The van der Waals surface area contributed by atoms with Gasteiger partial charge in [0.1, 0.15) is 5.75 Å². The summed E-state index contributed by atoms with van der Waals surface area (Å²) in [6.07, 6.45) is 2.42. The fourth-order valence-corrected chi connectivity index (χ4v) is 1.93. The van der Waals surface area contributed by atoms with E-state index in [0.717, 1.165) is 22.6 Å². The van der Waals surface area contributed by atoms with Crippen molar-refractivity contribution >= 4 is 5.97 Å². The Morgan fingerprint density at radius 1 is 1.25 bits per heavy atom. The first-order valence-electron chi connectivity index (χ1n) is 6.53. The fourth-order valence-electron chi connectivity index (χ4n) is 1.93. The molecule has 0 bridgehead atoms. The third-order valence-electron chi connectivity index (χ3n) is 2.98. The molecular formula is C16H17NO3. The Labute approximate surface area is 118 Å². The summed E-state index contributed by atoms with van der Waals surface area (Å²) < 4.78 is 5.50. The molecule has 0 radical (unpaired) electrons. The third-order valence-corrected chi connectivity index (χ3v) is 2.98. The average Bonchev–Trinajstić information content (AvgIpc) is 2.45. The standard InChI is InChI=1S/C16H17NO3/c1-12-15(4-2-10-17-12)13-6-8-14(9-7-13)20-11-3-5-16(18)19/h2,4,6-10H,3,5,11H2,1H3,(H,18,19). The number of hydrogen-bond acceptors (Lipinski definition) is 3. The van der Waals surface area contributed by atoms with Crippen LogP contribution in [0.4, 0.5) is 0 Å². The van der Waals surface area contributed by atoms with Crippen LogP contribution in [0.5, 0.6) is 5.75 Å². The number of aromatic nitrogens is 1. The lowest BCUT2D eigenvalue weighted by Crippen LogP contribution is -2.01. The van der Waals surface area contributed by atoms with Crippen molar-refractivity contribution in [3.8, 4) is 16.9 Å². The quantitative estimate of drug-likeness (QED) is 0.819. The summed E-state index contributed by atoms with van der Waals surface area (Å²) in [6.45, 7) is 2.39. The van der Waals surface area contributed by atoms with Crippen LogP contribution in [0.15, 0.2) is 42.6 Å². The van der Waals surface area contributed by atoms with Gasteiger partial charge in [-0.25, -0.2) is 0 Å². The van der Waals surface area contributed by atoms with Crippen molar-refractivity contribution in [2.45, 2.75) is 19.8 Å². The van der Waals surface area contributed by atoms with Crippen molar-refractivity contribution in [1.82, 2.24) is 4.98 Å². The Morgan fingerprint density at radius 2 is 2.00 bits per heavy atom. The molecule has 104 valence electrons. The van der Waals surface area contributed by atoms with Gasteiger partial charge in [0.25, 0.3) is 0 Å². The molecule has 1 N–H and O–H groups in total. The van der Waals surface area contributed by atoms with Gasteiger partial charge in [0.15, 0.2) is 0 Å². The Kier molecular flexibility index (Phi) is 4.71. The lowest BCUT2D eigenvalue weighted by molar-refractivity contribution is -0.137. The van der Waals surface area contributed by atoms with E-state index in [0.29, 0.717) is 13.0 Å². The van der Waals surface area contributed by atoms with E-state index >= 15 is 0 Å². The second-order valence-corrected chi connectivity index (χ2v) is 4.51. The Bertz CT molecular complexity index is 579. The van der Waals surface area contributed by atoms with E-state index in [-0.39, 0.29) is 6.42 Å². The summed E-state index contributed by atoms with van der Waals surface area (Å²) in [5.74, 6) is -0.0447. The van der Waals surface area contributed by atoms with Gasteiger partial charge in [0, 0.05) is 23.9 Å². The molecule has 2 aromatic rings. The Hall–Kier alpha value is -2.36. The van der Waals surface area contributed by atoms with Gasteiger partial charge >= 0.3 is 5.97 Å². The number of aliphatic carboxylic acids is 1. The zero-order valence-electron chi connectivity index (χ0n) is 11.4. The summed E-state index contributed by atoms with van der Waals surface area (Å²) >= 11 is 0. The topological polar surface area (TPSA) is 59.4 Å². The van der Waals surface area contributed by atoms with Crippen molar-refractivity contribution in [2.75, 3.05) is 6.61 Å². The molecule has 0 saturated carbocycles. The molecule has 1 heterocycles. The van der Waals surface area contributed by atoms with Crippen LogP contribution >= 0.6 is 0 Å². The molecule has 0 fully saturated rings. The maximum Gasteiger partial charge on any atom is 0.303 e. The number of ether oxygens (including phenoxy) is 1. The molecule has 0 aliphatic heterocycles. The van der Waals surface area contributed by atoms with E-state index in [4.69, 9.17) is 9.84 Å². The first kappa shape index (κ1) is 14.1. The molecule has 0 amide bonds. The van der Waals surface area contributed by atoms with E-state index in [1.165, 1.54) is 0 Å². The highest BCUT2D eigenvalue weighted by molar-refractivity contribution is 5.67. The summed E-state index contributed by atoms with van der Waals surface area (Å²) in [7, 11) is 0. The second-order valence-electron chi connectivity index (χ2n) is 4.51. The van der Waals surface area contributed by atoms with Crippen molar-refractivity contribution in [2.24, 2.45) is 0 Å². The molecule has 1 aromatic carbocycles. The number of rotatable bonds is 6. The van der Waals surface area contributed by atoms with Crippen molar-refractivity contribution in [3.05, 3.63) is 48.3 Å². The summed E-state index contributed by atoms with van der Waals surface area (Å²) in [6, 6.07) is 11.7. The average molecular weight is 271 g/mol. The molecule has 4 nitrogen and oxygen atoms in total. The van der Waals surface area contributed by atoms with Crippen LogP contribution in [0.1, 0.15) is 18.5 Å². The van der Waals surface area contributed by atoms with E-state index in [2.05, 4.69) is 4.98 Å². The lowest BCUT2D eigenvalue weighted by atomic mass is 10.0. The normalized spacial score (nSPS) is 10.2. The monoisotopic (exact) mass is 271 g/mol. The van der Waals surface area contributed by atoms with Crippen LogP contribution in [-0.2, 0) is 4.79 Å². The first-order valence-corrected chi connectivity index (χ1v) is 6.53. The second kappa shape index (κ2) is 6.70. The largest absolute Gasteiger partial charge is 0.494 e. The van der Waals surface area contributed by atoms with Gasteiger partial charge in [-0.15, -0.1) is 0 Å². The number of carboxylic acid groups (broad SMARTS) is 1. The molecular weight excluding hydrogens is 254 g/mol. The molecule has 2 rings (SSSR count). The van der Waals surface area contributed by atoms with E-state index < -0.39 is 5.97 Å². The van der Waals surface area contributed by atoms with Crippen molar-refractivity contribution < 1.29 is 14.6 Å². The Balaban J connectivity index is 1.97. The number of carboxylic acids is 1. The predicted molar refractivity (Wildman–Crippen MR) is 76.8 cm³/mol. The number of hydrogen-bond donors (Lipinski definition) is 1.